The van der Waals surface area contributed by atoms with Crippen LogP contribution in [0.25, 0.3) is 0 Å². The summed E-state index contributed by atoms with van der Waals surface area (Å²) in [5.41, 5.74) is 1.89. The number of rotatable bonds is 6. The van der Waals surface area contributed by atoms with Crippen molar-refractivity contribution in [1.82, 2.24) is 4.98 Å². The van der Waals surface area contributed by atoms with Crippen molar-refractivity contribution in [1.29, 1.82) is 0 Å². The maximum atomic E-state index is 12.2. The average molecular weight is 396 g/mol. The van der Waals surface area contributed by atoms with Crippen molar-refractivity contribution in [2.45, 2.75) is 26.9 Å². The number of esters is 1. The van der Waals surface area contributed by atoms with Crippen molar-refractivity contribution in [2.75, 3.05) is 11.9 Å². The van der Waals surface area contributed by atoms with Crippen LogP contribution >= 0.6 is 11.6 Å². The first-order chi connectivity index (χ1) is 12.6. The van der Waals surface area contributed by atoms with Crippen LogP contribution in [0.2, 0.25) is 5.02 Å². The van der Waals surface area contributed by atoms with E-state index in [-0.39, 0.29) is 22.1 Å². The number of aromatic amines is 1. The maximum Gasteiger partial charge on any atom is 0.355 e. The number of nitrogens with one attached hydrogen (secondary N) is 2. The Balaban J connectivity index is 2.01. The van der Waals surface area contributed by atoms with Gasteiger partial charge in [-0.25, -0.2) is 4.79 Å². The first-order valence-electron chi connectivity index (χ1n) is 7.89. The van der Waals surface area contributed by atoms with E-state index < -0.39 is 29.5 Å². The van der Waals surface area contributed by atoms with Crippen LogP contribution in [0, 0.1) is 24.0 Å². The van der Waals surface area contributed by atoms with E-state index in [9.17, 15) is 24.8 Å². The lowest BCUT2D eigenvalue weighted by atomic mass is 10.1. The van der Waals surface area contributed by atoms with Gasteiger partial charge < -0.3 is 20.1 Å². The fourth-order valence-electron chi connectivity index (χ4n) is 2.70. The Morgan fingerprint density at radius 3 is 2.59 bits per heavy atom. The van der Waals surface area contributed by atoms with Crippen LogP contribution in [-0.4, -0.2) is 33.5 Å². The molecule has 0 radical (unpaired) electrons. The molecular formula is C17H18ClN3O6. The number of nitro groups is 1. The van der Waals surface area contributed by atoms with E-state index in [2.05, 4.69) is 10.3 Å². The predicted octanol–water partition coefficient (Wildman–Crippen LogP) is 3.04. The molecule has 27 heavy (non-hydrogen) atoms. The molecule has 0 fully saturated rings. The fraction of sp³-hybridized carbons (Fsp3) is 0.294. The van der Waals surface area contributed by atoms with E-state index >= 15 is 0 Å². The minimum absolute atomic E-state index is 0.0127. The van der Waals surface area contributed by atoms with Gasteiger partial charge in [-0.1, -0.05) is 11.6 Å². The number of benzene rings is 1. The molecule has 1 amide bonds. The highest BCUT2D eigenvalue weighted by molar-refractivity contribution is 6.34. The molecule has 3 N–H and O–H groups in total. The van der Waals surface area contributed by atoms with Crippen molar-refractivity contribution >= 4 is 34.9 Å². The first kappa shape index (κ1) is 20.4. The number of H-pyrrole nitrogens is 1. The summed E-state index contributed by atoms with van der Waals surface area (Å²) in [5, 5.41) is 22.8. The van der Waals surface area contributed by atoms with Gasteiger partial charge >= 0.3 is 5.97 Å². The van der Waals surface area contributed by atoms with Crippen molar-refractivity contribution < 1.29 is 24.4 Å². The number of amides is 1. The summed E-state index contributed by atoms with van der Waals surface area (Å²) in [5.74, 6) is -1.40. The quantitative estimate of drug-likeness (QED) is 0.391. The van der Waals surface area contributed by atoms with Crippen LogP contribution in [0.1, 0.15) is 40.3 Å². The molecule has 0 saturated heterocycles. The van der Waals surface area contributed by atoms with Gasteiger partial charge in [-0.2, -0.15) is 0 Å². The minimum Gasteiger partial charge on any atom is -0.451 e. The third-order valence-electron chi connectivity index (χ3n) is 3.89. The maximum absolute atomic E-state index is 12.2. The number of carbonyl (C=O) groups excluding carboxylic acids is 2. The van der Waals surface area contributed by atoms with E-state index in [1.54, 1.807) is 20.8 Å². The van der Waals surface area contributed by atoms with Crippen LogP contribution in [0.3, 0.4) is 0 Å². The monoisotopic (exact) mass is 395 g/mol. The molecule has 1 aromatic heterocycles. The molecule has 144 valence electrons. The van der Waals surface area contributed by atoms with Crippen LogP contribution in [0.4, 0.5) is 11.4 Å². The highest BCUT2D eigenvalue weighted by Gasteiger charge is 2.21. The number of hydrogen-bond donors (Lipinski definition) is 3. The third kappa shape index (κ3) is 4.63. The number of nitrogens with zero attached hydrogens (tertiary/aromatic N) is 1. The van der Waals surface area contributed by atoms with Gasteiger partial charge in [-0.3, -0.25) is 14.9 Å². The highest BCUT2D eigenvalue weighted by Crippen LogP contribution is 2.27. The van der Waals surface area contributed by atoms with Crippen molar-refractivity contribution in [3.63, 3.8) is 0 Å². The number of anilines is 1. The largest absolute Gasteiger partial charge is 0.451 e. The second-order valence-electron chi connectivity index (χ2n) is 5.89. The predicted molar refractivity (Wildman–Crippen MR) is 97.9 cm³/mol. The lowest BCUT2D eigenvalue weighted by Crippen LogP contribution is -2.21. The van der Waals surface area contributed by atoms with Gasteiger partial charge in [0.1, 0.15) is 5.69 Å². The summed E-state index contributed by atoms with van der Waals surface area (Å²) in [6.45, 7) is 4.39. The molecule has 0 spiro atoms. The van der Waals surface area contributed by atoms with Crippen LogP contribution in [-0.2, 0) is 9.53 Å². The zero-order valence-electron chi connectivity index (χ0n) is 14.8. The van der Waals surface area contributed by atoms with Crippen LogP contribution in [0.5, 0.6) is 0 Å². The van der Waals surface area contributed by atoms with Gasteiger partial charge in [0, 0.05) is 23.4 Å². The average Bonchev–Trinajstić information content (AvgIpc) is 2.89. The summed E-state index contributed by atoms with van der Waals surface area (Å²) < 4.78 is 4.98. The number of halogens is 1. The summed E-state index contributed by atoms with van der Waals surface area (Å²) in [7, 11) is 0. The molecule has 2 rings (SSSR count). The molecule has 0 saturated carbocycles. The van der Waals surface area contributed by atoms with Crippen molar-refractivity contribution in [3.8, 4) is 0 Å². The number of nitro benzene ring substituents is 1. The van der Waals surface area contributed by atoms with Crippen LogP contribution < -0.4 is 5.32 Å². The Hall–Kier alpha value is -2.91. The normalized spacial score (nSPS) is 11.7. The number of aromatic nitrogens is 1. The Morgan fingerprint density at radius 1 is 1.41 bits per heavy atom. The van der Waals surface area contributed by atoms with Gasteiger partial charge in [0.2, 0.25) is 0 Å². The molecule has 1 atom stereocenters. The molecule has 0 aliphatic rings. The first-order valence-corrected chi connectivity index (χ1v) is 8.27. The van der Waals surface area contributed by atoms with Crippen molar-refractivity contribution in [2.24, 2.45) is 0 Å². The zero-order chi connectivity index (χ0) is 20.3. The van der Waals surface area contributed by atoms with E-state index in [4.69, 9.17) is 16.3 Å². The molecule has 0 bridgehead atoms. The SMILES string of the molecule is Cc1[nH]c(C(=O)OCC(=O)Nc2ccc([N+](=O)[O-])cc2Cl)c(C)c1[C@H](C)O. The molecule has 0 unspecified atom stereocenters. The number of carbonyl (C=O) groups is 2. The summed E-state index contributed by atoms with van der Waals surface area (Å²) in [4.78, 5) is 37.0. The van der Waals surface area contributed by atoms with E-state index in [1.165, 1.54) is 12.1 Å². The number of ether oxygens (including phenoxy) is 1. The Morgan fingerprint density at radius 2 is 2.07 bits per heavy atom. The zero-order valence-corrected chi connectivity index (χ0v) is 15.6. The fourth-order valence-corrected chi connectivity index (χ4v) is 2.93. The lowest BCUT2D eigenvalue weighted by molar-refractivity contribution is -0.384. The van der Waals surface area contributed by atoms with E-state index in [1.807, 2.05) is 0 Å². The Bertz CT molecular complexity index is 906. The smallest absolute Gasteiger partial charge is 0.355 e. The molecule has 0 aliphatic heterocycles. The number of aryl methyl sites for hydroxylation is 1. The molecule has 10 heteroatoms. The molecule has 1 heterocycles. The number of aliphatic hydroxyl groups excluding tert-OH is 1. The van der Waals surface area contributed by atoms with Crippen LogP contribution in [0.15, 0.2) is 18.2 Å². The van der Waals surface area contributed by atoms with Gasteiger partial charge in [0.25, 0.3) is 11.6 Å². The second kappa shape index (κ2) is 8.19. The van der Waals surface area contributed by atoms with Gasteiger partial charge in [0.15, 0.2) is 6.61 Å². The van der Waals surface area contributed by atoms with Crippen molar-refractivity contribution in [3.05, 3.63) is 55.9 Å². The van der Waals surface area contributed by atoms with Gasteiger partial charge in [0.05, 0.1) is 21.7 Å². The standard InChI is InChI=1S/C17H18ClN3O6/c1-8-15(10(3)22)9(2)19-16(8)17(24)27-7-14(23)20-13-5-4-11(21(25)26)6-12(13)18/h4-6,10,19,22H,7H2,1-3H3,(H,20,23)/t10-/m0/s1. The molecule has 1 aromatic carbocycles. The Labute approximate surface area is 159 Å². The number of non-ortho nitro benzene ring substituents is 1. The molecule has 9 nitrogen and oxygen atoms in total. The van der Waals surface area contributed by atoms with E-state index in [0.29, 0.717) is 16.8 Å². The van der Waals surface area contributed by atoms with E-state index in [0.717, 1.165) is 6.07 Å². The number of aliphatic hydroxyl groups is 1. The molecule has 2 aromatic rings. The highest BCUT2D eigenvalue weighted by atomic mass is 35.5. The summed E-state index contributed by atoms with van der Waals surface area (Å²) in [6.07, 6.45) is -0.754. The molecule has 0 aliphatic carbocycles. The lowest BCUT2D eigenvalue weighted by Gasteiger charge is -2.08. The number of hydrogen-bond acceptors (Lipinski definition) is 6. The topological polar surface area (TPSA) is 135 Å². The molecular weight excluding hydrogens is 378 g/mol. The Kier molecular flexibility index (Phi) is 6.19. The van der Waals surface area contributed by atoms with Gasteiger partial charge in [-0.15, -0.1) is 0 Å². The summed E-state index contributed by atoms with van der Waals surface area (Å²) >= 11 is 5.89. The van der Waals surface area contributed by atoms with Gasteiger partial charge in [-0.05, 0) is 32.4 Å². The third-order valence-corrected chi connectivity index (χ3v) is 4.20. The summed E-state index contributed by atoms with van der Waals surface area (Å²) in [6, 6.07) is 3.58. The second-order valence-corrected chi connectivity index (χ2v) is 6.29. The minimum atomic E-state index is -0.754.